The third-order valence-corrected chi connectivity index (χ3v) is 3.94. The Hall–Kier alpha value is -2.24. The van der Waals surface area contributed by atoms with E-state index in [1.807, 2.05) is 31.2 Å². The number of amides is 3. The molecular weight excluding hydrogens is 294 g/mol. The number of aryl methyl sites for hydroxylation is 1. The Balaban J connectivity index is 1.75. The molecule has 23 heavy (non-hydrogen) atoms. The fraction of sp³-hybridized carbons (Fsp3) is 0.529. The minimum atomic E-state index is -0.0631. The molecule has 1 aromatic rings. The van der Waals surface area contributed by atoms with Crippen LogP contribution in [-0.2, 0) is 11.2 Å². The van der Waals surface area contributed by atoms with Gasteiger partial charge in [-0.3, -0.25) is 4.79 Å². The zero-order valence-corrected chi connectivity index (χ0v) is 13.9. The van der Waals surface area contributed by atoms with Crippen LogP contribution in [-0.4, -0.2) is 61.1 Å². The molecular formula is C17H25N3O3. The van der Waals surface area contributed by atoms with E-state index in [0.717, 1.165) is 6.42 Å². The molecule has 1 fully saturated rings. The summed E-state index contributed by atoms with van der Waals surface area (Å²) in [5.74, 6) is 0.664. The lowest BCUT2D eigenvalue weighted by atomic mass is 10.2. The van der Waals surface area contributed by atoms with E-state index in [1.54, 1.807) is 9.80 Å². The maximum Gasteiger partial charge on any atom is 0.317 e. The Bertz CT molecular complexity index is 522. The maximum absolute atomic E-state index is 12.2. The van der Waals surface area contributed by atoms with Gasteiger partial charge in [-0.1, -0.05) is 19.1 Å². The lowest BCUT2D eigenvalue weighted by Crippen LogP contribution is -2.53. The molecule has 1 heterocycles. The Kier molecular flexibility index (Phi) is 6.26. The van der Waals surface area contributed by atoms with Gasteiger partial charge in [0, 0.05) is 32.7 Å². The van der Waals surface area contributed by atoms with Crippen LogP contribution >= 0.6 is 0 Å². The third kappa shape index (κ3) is 4.87. The molecule has 0 bridgehead atoms. The molecule has 0 unspecified atom stereocenters. The number of ether oxygens (including phenoxy) is 1. The fourth-order valence-corrected chi connectivity index (χ4v) is 2.48. The second-order valence-corrected chi connectivity index (χ2v) is 5.49. The van der Waals surface area contributed by atoms with Gasteiger partial charge >= 0.3 is 6.03 Å². The average Bonchev–Trinajstić information content (AvgIpc) is 2.60. The van der Waals surface area contributed by atoms with E-state index in [9.17, 15) is 9.59 Å². The first kappa shape index (κ1) is 17.1. The number of urea groups is 1. The van der Waals surface area contributed by atoms with Gasteiger partial charge in [0.05, 0.1) is 0 Å². The number of rotatable bonds is 5. The normalized spacial score (nSPS) is 14.5. The van der Waals surface area contributed by atoms with Crippen molar-refractivity contribution in [1.29, 1.82) is 0 Å². The first-order chi connectivity index (χ1) is 11.1. The summed E-state index contributed by atoms with van der Waals surface area (Å²) < 4.78 is 5.55. The summed E-state index contributed by atoms with van der Waals surface area (Å²) in [5.41, 5.74) is 1.24. The van der Waals surface area contributed by atoms with E-state index in [0.29, 0.717) is 38.5 Å². The summed E-state index contributed by atoms with van der Waals surface area (Å²) in [6.07, 6.45) is 0.981. The van der Waals surface area contributed by atoms with Crippen molar-refractivity contribution in [2.75, 3.05) is 39.3 Å². The second-order valence-electron chi connectivity index (χ2n) is 5.49. The molecule has 6 nitrogen and oxygen atoms in total. The predicted molar refractivity (Wildman–Crippen MR) is 88.5 cm³/mol. The van der Waals surface area contributed by atoms with Crippen molar-refractivity contribution in [2.24, 2.45) is 0 Å². The minimum absolute atomic E-state index is 0.0344. The van der Waals surface area contributed by atoms with Gasteiger partial charge in [0.2, 0.25) is 0 Å². The van der Waals surface area contributed by atoms with Crippen LogP contribution in [0.25, 0.3) is 0 Å². The minimum Gasteiger partial charge on any atom is -0.484 e. The number of carbonyl (C=O) groups excluding carboxylic acids is 2. The van der Waals surface area contributed by atoms with Crippen molar-refractivity contribution in [2.45, 2.75) is 20.3 Å². The van der Waals surface area contributed by atoms with Gasteiger partial charge in [-0.15, -0.1) is 0 Å². The molecule has 0 aliphatic carbocycles. The Morgan fingerprint density at radius 2 is 1.65 bits per heavy atom. The van der Waals surface area contributed by atoms with Crippen molar-refractivity contribution in [1.82, 2.24) is 15.1 Å². The van der Waals surface area contributed by atoms with E-state index in [1.165, 1.54) is 5.56 Å². The molecule has 0 saturated carbocycles. The van der Waals surface area contributed by atoms with Crippen LogP contribution in [0.1, 0.15) is 19.4 Å². The van der Waals surface area contributed by atoms with E-state index in [2.05, 4.69) is 12.2 Å². The van der Waals surface area contributed by atoms with E-state index >= 15 is 0 Å². The lowest BCUT2D eigenvalue weighted by Gasteiger charge is -2.34. The third-order valence-electron chi connectivity index (χ3n) is 3.94. The summed E-state index contributed by atoms with van der Waals surface area (Å²) >= 11 is 0. The summed E-state index contributed by atoms with van der Waals surface area (Å²) in [5, 5.41) is 2.77. The van der Waals surface area contributed by atoms with Crippen LogP contribution in [0.2, 0.25) is 0 Å². The molecule has 1 aliphatic rings. The van der Waals surface area contributed by atoms with Gasteiger partial charge in [-0.05, 0) is 31.0 Å². The number of hydrogen-bond acceptors (Lipinski definition) is 3. The van der Waals surface area contributed by atoms with Gasteiger partial charge in [-0.2, -0.15) is 0 Å². The number of piperazine rings is 1. The van der Waals surface area contributed by atoms with Crippen LogP contribution in [0, 0.1) is 0 Å². The topological polar surface area (TPSA) is 61.9 Å². The van der Waals surface area contributed by atoms with Crippen LogP contribution in [0.3, 0.4) is 0 Å². The van der Waals surface area contributed by atoms with Crippen LogP contribution in [0.5, 0.6) is 5.75 Å². The second kappa shape index (κ2) is 8.41. The fourth-order valence-electron chi connectivity index (χ4n) is 2.48. The van der Waals surface area contributed by atoms with Crippen molar-refractivity contribution in [3.05, 3.63) is 29.8 Å². The molecule has 1 N–H and O–H groups in total. The first-order valence-corrected chi connectivity index (χ1v) is 8.16. The zero-order valence-electron chi connectivity index (χ0n) is 13.9. The summed E-state index contributed by atoms with van der Waals surface area (Å²) in [6, 6.07) is 7.72. The average molecular weight is 319 g/mol. The van der Waals surface area contributed by atoms with E-state index in [4.69, 9.17) is 4.74 Å². The molecule has 6 heteroatoms. The molecule has 0 aromatic heterocycles. The van der Waals surface area contributed by atoms with Crippen LogP contribution in [0.4, 0.5) is 4.79 Å². The SMILES string of the molecule is CCNC(=O)N1CCN(C(=O)COc2ccc(CC)cc2)CC1. The first-order valence-electron chi connectivity index (χ1n) is 8.16. The van der Waals surface area contributed by atoms with Crippen molar-refractivity contribution in [3.8, 4) is 5.75 Å². The van der Waals surface area contributed by atoms with Gasteiger partial charge < -0.3 is 19.9 Å². The number of nitrogens with zero attached hydrogens (tertiary/aromatic N) is 2. The zero-order chi connectivity index (χ0) is 16.7. The standard InChI is InChI=1S/C17H25N3O3/c1-3-14-5-7-15(8-6-14)23-13-16(21)19-9-11-20(12-10-19)17(22)18-4-2/h5-8H,3-4,9-13H2,1-2H3,(H,18,22). The van der Waals surface area contributed by atoms with Gasteiger partial charge in [0.25, 0.3) is 5.91 Å². The quantitative estimate of drug-likeness (QED) is 0.895. The molecule has 1 aliphatic heterocycles. The maximum atomic E-state index is 12.2. The predicted octanol–water partition coefficient (Wildman–Crippen LogP) is 1.50. The highest BCUT2D eigenvalue weighted by Gasteiger charge is 2.23. The van der Waals surface area contributed by atoms with Crippen molar-refractivity contribution in [3.63, 3.8) is 0 Å². The Labute approximate surface area is 137 Å². The number of benzene rings is 1. The van der Waals surface area contributed by atoms with Gasteiger partial charge in [0.1, 0.15) is 5.75 Å². The Morgan fingerprint density at radius 1 is 1.04 bits per heavy atom. The van der Waals surface area contributed by atoms with Crippen LogP contribution in [0.15, 0.2) is 24.3 Å². The van der Waals surface area contributed by atoms with Crippen molar-refractivity contribution >= 4 is 11.9 Å². The molecule has 126 valence electrons. The molecule has 0 spiro atoms. The number of hydrogen-bond donors (Lipinski definition) is 1. The Morgan fingerprint density at radius 3 is 2.22 bits per heavy atom. The molecule has 3 amide bonds. The summed E-state index contributed by atoms with van der Waals surface area (Å²) in [6.45, 7) is 6.85. The number of carbonyl (C=O) groups is 2. The van der Waals surface area contributed by atoms with E-state index < -0.39 is 0 Å². The molecule has 1 saturated heterocycles. The molecule has 0 atom stereocenters. The highest BCUT2D eigenvalue weighted by atomic mass is 16.5. The monoisotopic (exact) mass is 319 g/mol. The molecule has 0 radical (unpaired) electrons. The summed E-state index contributed by atoms with van der Waals surface area (Å²) in [7, 11) is 0. The highest BCUT2D eigenvalue weighted by molar-refractivity contribution is 5.78. The lowest BCUT2D eigenvalue weighted by molar-refractivity contribution is -0.134. The molecule has 2 rings (SSSR count). The van der Waals surface area contributed by atoms with E-state index in [-0.39, 0.29) is 18.5 Å². The molecule has 1 aromatic carbocycles. The smallest absolute Gasteiger partial charge is 0.317 e. The highest BCUT2D eigenvalue weighted by Crippen LogP contribution is 2.13. The van der Waals surface area contributed by atoms with Gasteiger partial charge in [-0.25, -0.2) is 4.79 Å². The number of nitrogens with one attached hydrogen (secondary N) is 1. The van der Waals surface area contributed by atoms with Crippen LogP contribution < -0.4 is 10.1 Å². The van der Waals surface area contributed by atoms with Gasteiger partial charge in [0.15, 0.2) is 6.61 Å². The van der Waals surface area contributed by atoms with Crippen molar-refractivity contribution < 1.29 is 14.3 Å². The largest absolute Gasteiger partial charge is 0.484 e. The summed E-state index contributed by atoms with van der Waals surface area (Å²) in [4.78, 5) is 27.4.